The summed E-state index contributed by atoms with van der Waals surface area (Å²) in [6.07, 6.45) is 0.519. The predicted molar refractivity (Wildman–Crippen MR) is 97.7 cm³/mol. The highest BCUT2D eigenvalue weighted by molar-refractivity contribution is 7.91. The number of alkyl carbamates (subject to hydrolysis) is 1. The van der Waals surface area contributed by atoms with Gasteiger partial charge in [-0.25, -0.2) is 18.0 Å². The maximum Gasteiger partial charge on any atom is 0.415 e. The lowest BCUT2D eigenvalue weighted by Gasteiger charge is -2.23. The van der Waals surface area contributed by atoms with Crippen molar-refractivity contribution in [3.05, 3.63) is 29.3 Å². The second-order valence-corrected chi connectivity index (χ2v) is 9.55. The van der Waals surface area contributed by atoms with Crippen molar-refractivity contribution in [1.29, 1.82) is 0 Å². The second kappa shape index (κ2) is 6.70. The van der Waals surface area contributed by atoms with Gasteiger partial charge in [0.25, 0.3) is 0 Å². The number of fused-ring (bicyclic) bond motifs is 3. The molecule has 27 heavy (non-hydrogen) atoms. The largest absolute Gasteiger partial charge is 0.453 e. The standard InChI is InChI=1S/C18H22N2O6S/c1-25-17(21)19-10-16-15-9-13-8-12(11-4-6-27(23,24)7-5-11)2-3-14(13)20(15)18(22)26-16/h2-3,8,11,15-16H,4-7,9-10H2,1H3,(H,19,21)/t15-,16-/m0/s1. The van der Waals surface area contributed by atoms with Crippen LogP contribution in [0.25, 0.3) is 0 Å². The summed E-state index contributed by atoms with van der Waals surface area (Å²) in [5.41, 5.74) is 3.02. The Bertz CT molecular complexity index is 870. The van der Waals surface area contributed by atoms with Crippen molar-refractivity contribution in [1.82, 2.24) is 5.32 Å². The van der Waals surface area contributed by atoms with Gasteiger partial charge in [0.05, 0.1) is 36.9 Å². The van der Waals surface area contributed by atoms with E-state index in [4.69, 9.17) is 4.74 Å². The summed E-state index contributed by atoms with van der Waals surface area (Å²) in [7, 11) is -1.61. The summed E-state index contributed by atoms with van der Waals surface area (Å²) in [6.45, 7) is 0.195. The number of amides is 2. The zero-order valence-corrected chi connectivity index (χ0v) is 15.8. The number of rotatable bonds is 3. The molecule has 0 spiro atoms. The van der Waals surface area contributed by atoms with E-state index in [0.717, 1.165) is 16.8 Å². The highest BCUT2D eigenvalue weighted by Gasteiger charge is 2.47. The third-order valence-corrected chi connectivity index (χ3v) is 7.38. The van der Waals surface area contributed by atoms with Crippen LogP contribution in [0, 0.1) is 0 Å². The number of nitrogens with zero attached hydrogens (tertiary/aromatic N) is 1. The minimum Gasteiger partial charge on any atom is -0.453 e. The lowest BCUT2D eigenvalue weighted by atomic mass is 9.91. The van der Waals surface area contributed by atoms with Crippen LogP contribution in [0.15, 0.2) is 18.2 Å². The van der Waals surface area contributed by atoms with Crippen molar-refractivity contribution in [2.45, 2.75) is 37.3 Å². The zero-order chi connectivity index (χ0) is 19.2. The Morgan fingerprint density at radius 3 is 2.78 bits per heavy atom. The maximum atomic E-state index is 12.3. The Kier molecular flexibility index (Phi) is 4.49. The van der Waals surface area contributed by atoms with Gasteiger partial charge in [0.15, 0.2) is 0 Å². The van der Waals surface area contributed by atoms with Crippen molar-refractivity contribution in [2.75, 3.05) is 30.1 Å². The van der Waals surface area contributed by atoms with Gasteiger partial charge in [0, 0.05) is 0 Å². The van der Waals surface area contributed by atoms with Crippen molar-refractivity contribution in [2.24, 2.45) is 0 Å². The first kappa shape index (κ1) is 18.1. The van der Waals surface area contributed by atoms with E-state index in [1.165, 1.54) is 7.11 Å². The molecule has 3 heterocycles. The molecule has 4 rings (SSSR count). The average Bonchev–Trinajstić information content (AvgIpc) is 3.16. The zero-order valence-electron chi connectivity index (χ0n) is 15.0. The fourth-order valence-electron chi connectivity index (χ4n) is 4.21. The number of ether oxygens (including phenoxy) is 2. The highest BCUT2D eigenvalue weighted by atomic mass is 32.2. The van der Waals surface area contributed by atoms with E-state index < -0.39 is 28.1 Å². The smallest absolute Gasteiger partial charge is 0.415 e. The molecule has 0 aliphatic carbocycles. The van der Waals surface area contributed by atoms with Gasteiger partial charge >= 0.3 is 12.2 Å². The number of nitrogens with one attached hydrogen (secondary N) is 1. The van der Waals surface area contributed by atoms with E-state index in [1.54, 1.807) is 4.90 Å². The van der Waals surface area contributed by atoms with Crippen LogP contribution in [0.5, 0.6) is 0 Å². The quantitative estimate of drug-likeness (QED) is 0.835. The molecule has 9 heteroatoms. The molecular weight excluding hydrogens is 372 g/mol. The number of anilines is 1. The molecule has 146 valence electrons. The van der Waals surface area contributed by atoms with Gasteiger partial charge in [-0.1, -0.05) is 12.1 Å². The average molecular weight is 394 g/mol. The summed E-state index contributed by atoms with van der Waals surface area (Å²) in [6, 6.07) is 5.84. The number of methoxy groups -OCH3 is 1. The lowest BCUT2D eigenvalue weighted by molar-refractivity contribution is 0.123. The first-order chi connectivity index (χ1) is 12.9. The van der Waals surface area contributed by atoms with Gasteiger partial charge in [-0.05, 0) is 42.4 Å². The number of hydrogen-bond acceptors (Lipinski definition) is 6. The van der Waals surface area contributed by atoms with Gasteiger partial charge in [0.2, 0.25) is 0 Å². The van der Waals surface area contributed by atoms with E-state index in [9.17, 15) is 18.0 Å². The first-order valence-electron chi connectivity index (χ1n) is 9.03. The van der Waals surface area contributed by atoms with Gasteiger partial charge in [-0.3, -0.25) is 4.90 Å². The lowest BCUT2D eigenvalue weighted by Crippen LogP contribution is -2.40. The summed E-state index contributed by atoms with van der Waals surface area (Å²) >= 11 is 0. The van der Waals surface area contributed by atoms with Crippen molar-refractivity contribution in [3.63, 3.8) is 0 Å². The number of benzene rings is 1. The molecule has 3 aliphatic heterocycles. The number of cyclic esters (lactones) is 1. The third-order valence-electron chi connectivity index (χ3n) is 5.66. The maximum absolute atomic E-state index is 12.3. The van der Waals surface area contributed by atoms with Crippen LogP contribution in [-0.2, 0) is 25.7 Å². The van der Waals surface area contributed by atoms with E-state index in [2.05, 4.69) is 16.1 Å². The van der Waals surface area contributed by atoms with E-state index in [0.29, 0.717) is 19.3 Å². The Hall–Kier alpha value is -2.29. The summed E-state index contributed by atoms with van der Waals surface area (Å²) in [5, 5.41) is 2.58. The van der Waals surface area contributed by atoms with Crippen LogP contribution >= 0.6 is 0 Å². The minimum absolute atomic E-state index is 0.161. The molecule has 0 saturated carbocycles. The SMILES string of the molecule is COC(=O)NC[C@@H]1OC(=O)N2c3ccc(C4CCS(=O)(=O)CC4)cc3C[C@@H]12. The van der Waals surface area contributed by atoms with Crippen molar-refractivity contribution < 1.29 is 27.5 Å². The molecule has 2 saturated heterocycles. The van der Waals surface area contributed by atoms with E-state index >= 15 is 0 Å². The minimum atomic E-state index is -2.89. The third kappa shape index (κ3) is 3.36. The monoisotopic (exact) mass is 394 g/mol. The summed E-state index contributed by atoms with van der Waals surface area (Å²) in [4.78, 5) is 25.2. The van der Waals surface area contributed by atoms with Crippen molar-refractivity contribution in [3.8, 4) is 0 Å². The Balaban J connectivity index is 1.50. The highest BCUT2D eigenvalue weighted by Crippen LogP contribution is 2.41. The van der Waals surface area contributed by atoms with Crippen LogP contribution in [0.3, 0.4) is 0 Å². The van der Waals surface area contributed by atoms with Gasteiger partial charge in [-0.15, -0.1) is 0 Å². The summed E-state index contributed by atoms with van der Waals surface area (Å²) < 4.78 is 33.3. The fraction of sp³-hybridized carbons (Fsp3) is 0.556. The molecule has 2 atom stereocenters. The van der Waals surface area contributed by atoms with Gasteiger partial charge < -0.3 is 14.8 Å². The molecule has 1 aromatic carbocycles. The molecule has 2 amide bonds. The molecule has 0 aromatic heterocycles. The number of carbonyl (C=O) groups excluding carboxylic acids is 2. The normalized spacial score (nSPS) is 26.3. The van der Waals surface area contributed by atoms with Crippen LogP contribution in [0.4, 0.5) is 15.3 Å². The molecular formula is C18H22N2O6S. The molecule has 8 nitrogen and oxygen atoms in total. The number of hydrogen-bond donors (Lipinski definition) is 1. The van der Waals surface area contributed by atoms with Crippen LogP contribution in [0.1, 0.15) is 29.9 Å². The molecule has 0 radical (unpaired) electrons. The number of carbonyl (C=O) groups is 2. The number of sulfone groups is 1. The van der Waals surface area contributed by atoms with Gasteiger partial charge in [-0.2, -0.15) is 0 Å². The molecule has 1 N–H and O–H groups in total. The van der Waals surface area contributed by atoms with Crippen LogP contribution < -0.4 is 10.2 Å². The predicted octanol–water partition coefficient (Wildman–Crippen LogP) is 1.58. The molecule has 3 aliphatic rings. The summed E-state index contributed by atoms with van der Waals surface area (Å²) in [5.74, 6) is 0.701. The van der Waals surface area contributed by atoms with Crippen LogP contribution in [0.2, 0.25) is 0 Å². The first-order valence-corrected chi connectivity index (χ1v) is 10.8. The Morgan fingerprint density at radius 2 is 2.07 bits per heavy atom. The van der Waals surface area contributed by atoms with Crippen LogP contribution in [-0.4, -0.2) is 57.9 Å². The fourth-order valence-corrected chi connectivity index (χ4v) is 5.70. The second-order valence-electron chi connectivity index (χ2n) is 7.25. The molecule has 2 fully saturated rings. The Morgan fingerprint density at radius 1 is 1.33 bits per heavy atom. The molecule has 0 bridgehead atoms. The Labute approximate surface area is 157 Å². The molecule has 1 aromatic rings. The van der Waals surface area contributed by atoms with E-state index in [1.807, 2.05) is 12.1 Å². The van der Waals surface area contributed by atoms with Crippen molar-refractivity contribution >= 4 is 27.7 Å². The molecule has 0 unspecified atom stereocenters. The van der Waals surface area contributed by atoms with Gasteiger partial charge in [0.1, 0.15) is 15.9 Å². The van der Waals surface area contributed by atoms with E-state index in [-0.39, 0.29) is 30.0 Å². The topological polar surface area (TPSA) is 102 Å².